The molecule has 21 heavy (non-hydrogen) atoms. The smallest absolute Gasteiger partial charge is 0.321 e. The fourth-order valence-electron chi connectivity index (χ4n) is 1.49. The highest BCUT2D eigenvalue weighted by Crippen LogP contribution is 2.39. The molecule has 3 nitrogen and oxygen atoms in total. The van der Waals surface area contributed by atoms with E-state index in [1.807, 2.05) is 0 Å². The van der Waals surface area contributed by atoms with Gasteiger partial charge in [-0.3, -0.25) is 9.78 Å². The summed E-state index contributed by atoms with van der Waals surface area (Å²) >= 11 is 5.60. The van der Waals surface area contributed by atoms with Gasteiger partial charge in [-0.05, 0) is 42.1 Å². The van der Waals surface area contributed by atoms with Gasteiger partial charge in [0.2, 0.25) is 0 Å². The largest absolute Gasteiger partial charge is 0.446 e. The molecular formula is C13H8ClF3N2OS. The van der Waals surface area contributed by atoms with E-state index in [0.29, 0.717) is 0 Å². The molecule has 0 aliphatic carbocycles. The normalized spacial score (nSPS) is 11.2. The van der Waals surface area contributed by atoms with Crippen molar-refractivity contribution in [2.24, 2.45) is 0 Å². The summed E-state index contributed by atoms with van der Waals surface area (Å²) in [6.45, 7) is 0. The second-order valence-corrected chi connectivity index (χ2v) is 5.43. The van der Waals surface area contributed by atoms with Crippen LogP contribution in [-0.2, 0) is 0 Å². The molecule has 1 aromatic carbocycles. The predicted molar refractivity (Wildman–Crippen MR) is 75.6 cm³/mol. The van der Waals surface area contributed by atoms with Crippen molar-refractivity contribution >= 4 is 35.0 Å². The van der Waals surface area contributed by atoms with Crippen LogP contribution in [-0.4, -0.2) is 16.4 Å². The number of aromatic nitrogens is 1. The number of rotatable bonds is 3. The molecule has 110 valence electrons. The van der Waals surface area contributed by atoms with E-state index >= 15 is 0 Å². The third kappa shape index (κ3) is 4.64. The van der Waals surface area contributed by atoms with Crippen LogP contribution in [0.3, 0.4) is 0 Å². The number of carbonyl (C=O) groups is 1. The third-order valence-electron chi connectivity index (χ3n) is 2.34. The molecule has 1 amide bonds. The van der Waals surface area contributed by atoms with Gasteiger partial charge in [-0.2, -0.15) is 13.2 Å². The van der Waals surface area contributed by atoms with Gasteiger partial charge in [0.25, 0.3) is 5.91 Å². The first-order valence-corrected chi connectivity index (χ1v) is 6.81. The molecule has 0 saturated carbocycles. The zero-order valence-corrected chi connectivity index (χ0v) is 11.9. The van der Waals surface area contributed by atoms with Gasteiger partial charge in [0.1, 0.15) is 0 Å². The Hall–Kier alpha value is -1.73. The lowest BCUT2D eigenvalue weighted by Gasteiger charge is -2.10. The lowest BCUT2D eigenvalue weighted by molar-refractivity contribution is -0.0328. The average Bonchev–Trinajstić information content (AvgIpc) is 2.42. The Balaban J connectivity index is 2.20. The van der Waals surface area contributed by atoms with Crippen LogP contribution >= 0.6 is 23.4 Å². The van der Waals surface area contributed by atoms with Crippen LogP contribution in [0.5, 0.6) is 0 Å². The Kier molecular flexibility index (Phi) is 4.74. The van der Waals surface area contributed by atoms with E-state index in [1.54, 1.807) is 6.07 Å². The zero-order chi connectivity index (χ0) is 15.5. The topological polar surface area (TPSA) is 42.0 Å². The summed E-state index contributed by atoms with van der Waals surface area (Å²) in [6.07, 6.45) is 2.85. The van der Waals surface area contributed by atoms with Crippen molar-refractivity contribution in [3.8, 4) is 0 Å². The fourth-order valence-corrected chi connectivity index (χ4v) is 2.23. The van der Waals surface area contributed by atoms with E-state index in [0.717, 1.165) is 0 Å². The van der Waals surface area contributed by atoms with Gasteiger partial charge in [0.05, 0.1) is 16.3 Å². The first-order chi connectivity index (χ1) is 9.85. The number of alkyl halides is 3. The van der Waals surface area contributed by atoms with Crippen molar-refractivity contribution in [2.45, 2.75) is 10.4 Å². The maximum absolute atomic E-state index is 12.3. The van der Waals surface area contributed by atoms with Crippen LogP contribution in [0.2, 0.25) is 5.02 Å². The van der Waals surface area contributed by atoms with Crippen molar-refractivity contribution in [1.29, 1.82) is 0 Å². The summed E-state index contributed by atoms with van der Waals surface area (Å²) in [4.78, 5) is 15.7. The number of hydrogen-bond acceptors (Lipinski definition) is 3. The van der Waals surface area contributed by atoms with E-state index in [2.05, 4.69) is 10.3 Å². The SMILES string of the molecule is O=C(Nc1cc(SC(F)(F)F)ccc1Cl)c1cccnc1. The summed E-state index contributed by atoms with van der Waals surface area (Å²) in [5, 5.41) is 2.61. The maximum Gasteiger partial charge on any atom is 0.446 e. The molecular weight excluding hydrogens is 325 g/mol. The molecule has 0 spiro atoms. The summed E-state index contributed by atoms with van der Waals surface area (Å²) in [7, 11) is 0. The second kappa shape index (κ2) is 6.36. The van der Waals surface area contributed by atoms with Crippen molar-refractivity contribution in [2.75, 3.05) is 5.32 Å². The highest BCUT2D eigenvalue weighted by atomic mass is 35.5. The molecule has 1 aromatic heterocycles. The van der Waals surface area contributed by atoms with Crippen molar-refractivity contribution in [3.63, 3.8) is 0 Å². The zero-order valence-electron chi connectivity index (χ0n) is 10.3. The van der Waals surface area contributed by atoms with Gasteiger partial charge in [0.15, 0.2) is 0 Å². The van der Waals surface area contributed by atoms with E-state index in [1.165, 1.54) is 36.7 Å². The number of nitrogens with zero attached hydrogens (tertiary/aromatic N) is 1. The number of nitrogens with one attached hydrogen (secondary N) is 1. The average molecular weight is 333 g/mol. The van der Waals surface area contributed by atoms with Gasteiger partial charge in [0, 0.05) is 17.3 Å². The standard InChI is InChI=1S/C13H8ClF3N2OS/c14-10-4-3-9(21-13(15,16)17)6-11(10)19-12(20)8-2-1-5-18-7-8/h1-7H,(H,19,20). The van der Waals surface area contributed by atoms with Gasteiger partial charge in [-0.25, -0.2) is 0 Å². The number of carbonyl (C=O) groups excluding carboxylic acids is 1. The lowest BCUT2D eigenvalue weighted by Crippen LogP contribution is -2.12. The molecule has 2 aromatic rings. The van der Waals surface area contributed by atoms with Crippen LogP contribution in [0, 0.1) is 0 Å². The molecule has 0 fully saturated rings. The molecule has 8 heteroatoms. The summed E-state index contributed by atoms with van der Waals surface area (Å²) in [5.74, 6) is -0.501. The minimum absolute atomic E-state index is 0.0617. The summed E-state index contributed by atoms with van der Waals surface area (Å²) < 4.78 is 37.0. The number of benzene rings is 1. The molecule has 0 bridgehead atoms. The third-order valence-corrected chi connectivity index (χ3v) is 3.39. The molecule has 0 radical (unpaired) electrons. The van der Waals surface area contributed by atoms with Gasteiger partial charge in [-0.1, -0.05) is 11.6 Å². The first kappa shape index (κ1) is 15.7. The maximum atomic E-state index is 12.3. The van der Waals surface area contributed by atoms with E-state index in [-0.39, 0.29) is 32.9 Å². The molecule has 1 heterocycles. The summed E-state index contributed by atoms with van der Waals surface area (Å²) in [5.41, 5.74) is -4.01. The Bertz CT molecular complexity index is 650. The molecule has 1 N–H and O–H groups in total. The lowest BCUT2D eigenvalue weighted by atomic mass is 10.2. The Labute approximate surface area is 127 Å². The number of halogens is 4. The van der Waals surface area contributed by atoms with Crippen LogP contribution in [0.25, 0.3) is 0 Å². The fraction of sp³-hybridized carbons (Fsp3) is 0.0769. The van der Waals surface area contributed by atoms with E-state index < -0.39 is 11.4 Å². The molecule has 0 aliphatic heterocycles. The van der Waals surface area contributed by atoms with Crippen LogP contribution < -0.4 is 5.32 Å². The minimum Gasteiger partial charge on any atom is -0.321 e. The van der Waals surface area contributed by atoms with Crippen molar-refractivity contribution in [1.82, 2.24) is 4.98 Å². The number of pyridine rings is 1. The van der Waals surface area contributed by atoms with Gasteiger partial charge < -0.3 is 5.32 Å². The van der Waals surface area contributed by atoms with Gasteiger partial charge in [-0.15, -0.1) is 0 Å². The van der Waals surface area contributed by atoms with Crippen molar-refractivity contribution in [3.05, 3.63) is 53.3 Å². The van der Waals surface area contributed by atoms with E-state index in [9.17, 15) is 18.0 Å². The van der Waals surface area contributed by atoms with Crippen molar-refractivity contribution < 1.29 is 18.0 Å². The quantitative estimate of drug-likeness (QED) is 0.835. The Morgan fingerprint density at radius 1 is 1.29 bits per heavy atom. The second-order valence-electron chi connectivity index (χ2n) is 3.89. The monoisotopic (exact) mass is 332 g/mol. The predicted octanol–water partition coefficient (Wildman–Crippen LogP) is 4.60. The molecule has 0 unspecified atom stereocenters. The first-order valence-electron chi connectivity index (χ1n) is 5.62. The Morgan fingerprint density at radius 3 is 2.67 bits per heavy atom. The number of thioether (sulfide) groups is 1. The molecule has 0 aliphatic rings. The number of amides is 1. The summed E-state index contributed by atoms with van der Waals surface area (Å²) in [6, 6.07) is 6.82. The Morgan fingerprint density at radius 2 is 2.05 bits per heavy atom. The molecule has 0 atom stereocenters. The number of hydrogen-bond donors (Lipinski definition) is 1. The number of anilines is 1. The van der Waals surface area contributed by atoms with Gasteiger partial charge >= 0.3 is 5.51 Å². The highest BCUT2D eigenvalue weighted by molar-refractivity contribution is 8.00. The van der Waals surface area contributed by atoms with E-state index in [4.69, 9.17) is 11.6 Å². The molecule has 0 saturated heterocycles. The molecule has 2 rings (SSSR count). The van der Waals surface area contributed by atoms with Crippen LogP contribution in [0.4, 0.5) is 18.9 Å². The van der Waals surface area contributed by atoms with Crippen LogP contribution in [0.15, 0.2) is 47.6 Å². The minimum atomic E-state index is -4.40. The highest BCUT2D eigenvalue weighted by Gasteiger charge is 2.29. The van der Waals surface area contributed by atoms with Crippen LogP contribution in [0.1, 0.15) is 10.4 Å².